The van der Waals surface area contributed by atoms with Gasteiger partial charge in [-0.25, -0.2) is 9.59 Å². The number of carboxylic acids is 1. The topological polar surface area (TPSA) is 388 Å². The average molecular weight is 1130 g/mol. The molecule has 0 aromatic carbocycles. The number of carbonyl (C=O) groups is 3. The summed E-state index contributed by atoms with van der Waals surface area (Å²) in [7, 11) is 0. The Kier molecular flexibility index (Phi) is 17.8. The molecule has 20 unspecified atom stereocenters. The van der Waals surface area contributed by atoms with Crippen LogP contribution in [0.2, 0.25) is 0 Å². The summed E-state index contributed by atoms with van der Waals surface area (Å²) < 4.78 is 48.0. The van der Waals surface area contributed by atoms with Crippen molar-refractivity contribution in [2.24, 2.45) is 50.2 Å². The van der Waals surface area contributed by atoms with E-state index >= 15 is 0 Å². The first-order chi connectivity index (χ1) is 36.9. The largest absolute Gasteiger partial charge is 0.479 e. The zero-order valence-corrected chi connectivity index (χ0v) is 46.4. The van der Waals surface area contributed by atoms with Gasteiger partial charge in [0.05, 0.1) is 37.4 Å². The minimum Gasteiger partial charge on any atom is -0.479 e. The predicted molar refractivity (Wildman–Crippen MR) is 269 cm³/mol. The van der Waals surface area contributed by atoms with Crippen LogP contribution in [0.4, 0.5) is 0 Å². The van der Waals surface area contributed by atoms with Gasteiger partial charge in [0.25, 0.3) is 0 Å². The molecular formula is C55H86O24. The number of fused-ring (bicyclic) bond motifs is 7. The molecule has 0 radical (unpaired) electrons. The molecule has 3 aliphatic heterocycles. The van der Waals surface area contributed by atoms with Crippen molar-refractivity contribution in [1.29, 1.82) is 0 Å². The summed E-state index contributed by atoms with van der Waals surface area (Å²) in [5.41, 5.74) is -3.76. The van der Waals surface area contributed by atoms with Crippen LogP contribution in [0.1, 0.15) is 107 Å². The van der Waals surface area contributed by atoms with E-state index in [1.165, 1.54) is 6.92 Å². The highest BCUT2D eigenvalue weighted by molar-refractivity contribution is 5.87. The molecule has 13 N–H and O–H groups in total. The van der Waals surface area contributed by atoms with Gasteiger partial charge >= 0.3 is 17.9 Å². The maximum Gasteiger partial charge on any atom is 0.335 e. The van der Waals surface area contributed by atoms with Gasteiger partial charge in [-0.3, -0.25) is 4.79 Å². The number of aliphatic hydroxyl groups excluding tert-OH is 12. The fourth-order valence-corrected chi connectivity index (χ4v) is 16.3. The predicted octanol–water partition coefficient (Wildman–Crippen LogP) is -1.32. The summed E-state index contributed by atoms with van der Waals surface area (Å²) in [5.74, 6) is -3.91. The van der Waals surface area contributed by atoms with Crippen molar-refractivity contribution in [3.63, 3.8) is 0 Å². The smallest absolute Gasteiger partial charge is 0.335 e. The molecule has 4 saturated carbocycles. The second-order valence-corrected chi connectivity index (χ2v) is 25.7. The fourth-order valence-electron chi connectivity index (χ4n) is 16.3. The van der Waals surface area contributed by atoms with E-state index in [4.69, 9.17) is 37.9 Å². The standard InChI is InChI=1S/C55H86O24/c1-10-23(2)46(71)79-43-44(72-24(3)60)55(22-59)27(16-50(43,4)5)26-11-12-30-52(7)14-13-25(15-31(52)51(6,21-58)20-54(30,9)53(26,8)17-32(55)61)73-49-41(77-48-38(67)36(65)34(63)29(19-57)75-48)39(68)40(42(78-49)45(69)70)76-47-37(66)35(64)33(62)28(18-56)74-47/h10-11,25,27-44,47-49,56-59,61-68H,12-22H2,1-9H3,(H,69,70)/t25?,27?,28?,29?,30?,31?,32-,33?,34?,35?,36?,37?,38?,39?,40?,41?,42?,43+,44?,47?,48?,49?,51+,52-,53-,54-,55+/m1/s1. The Morgan fingerprint density at radius 1 is 0.684 bits per heavy atom. The van der Waals surface area contributed by atoms with Crippen molar-refractivity contribution in [2.75, 3.05) is 26.4 Å². The minimum atomic E-state index is -2.15. The summed E-state index contributed by atoms with van der Waals surface area (Å²) in [6.07, 6.45) is -26.5. The molecule has 7 fully saturated rings. The average Bonchev–Trinajstić information content (AvgIpc) is 3.56. The van der Waals surface area contributed by atoms with E-state index in [1.54, 1.807) is 19.9 Å². The number of hydrogen-bond donors (Lipinski definition) is 13. The van der Waals surface area contributed by atoms with Gasteiger partial charge in [-0.2, -0.15) is 0 Å². The summed E-state index contributed by atoms with van der Waals surface area (Å²) in [5, 5.41) is 143. The molecule has 8 aliphatic rings. The van der Waals surface area contributed by atoms with Gasteiger partial charge in [-0.1, -0.05) is 59.3 Å². The highest BCUT2D eigenvalue weighted by Crippen LogP contribution is 2.77. The second kappa shape index (κ2) is 22.6. The number of carboxylic acid groups (broad SMARTS) is 1. The molecule has 8 rings (SSSR count). The van der Waals surface area contributed by atoms with Crippen LogP contribution < -0.4 is 0 Å². The second-order valence-electron chi connectivity index (χ2n) is 25.7. The van der Waals surface area contributed by atoms with Crippen molar-refractivity contribution in [2.45, 2.75) is 224 Å². The molecule has 0 aromatic heterocycles. The van der Waals surface area contributed by atoms with E-state index in [0.717, 1.165) is 5.57 Å². The molecule has 24 nitrogen and oxygen atoms in total. The molecule has 0 bridgehead atoms. The Balaban J connectivity index is 1.11. The van der Waals surface area contributed by atoms with Crippen molar-refractivity contribution < 1.29 is 119 Å². The van der Waals surface area contributed by atoms with E-state index in [-0.39, 0.29) is 31.3 Å². The van der Waals surface area contributed by atoms with Gasteiger partial charge in [-0.15, -0.1) is 0 Å². The van der Waals surface area contributed by atoms with Crippen LogP contribution in [0, 0.1) is 50.2 Å². The van der Waals surface area contributed by atoms with Gasteiger partial charge in [0, 0.05) is 24.5 Å². The van der Waals surface area contributed by atoms with E-state index in [0.29, 0.717) is 37.7 Å². The molecule has 5 aliphatic carbocycles. The van der Waals surface area contributed by atoms with Gasteiger partial charge in [-0.05, 0) is 98.2 Å². The highest BCUT2D eigenvalue weighted by Gasteiger charge is 2.75. The molecule has 450 valence electrons. The monoisotopic (exact) mass is 1130 g/mol. The van der Waals surface area contributed by atoms with E-state index in [1.807, 2.05) is 20.8 Å². The Morgan fingerprint density at radius 2 is 1.27 bits per heavy atom. The maximum absolute atomic E-state index is 13.4. The molecule has 79 heavy (non-hydrogen) atoms. The minimum absolute atomic E-state index is 0.0849. The van der Waals surface area contributed by atoms with Crippen LogP contribution in [0.3, 0.4) is 0 Å². The molecule has 3 saturated heterocycles. The number of allylic oxidation sites excluding steroid dienone is 3. The van der Waals surface area contributed by atoms with Gasteiger partial charge in [0.15, 0.2) is 25.0 Å². The first kappa shape index (κ1) is 62.2. The van der Waals surface area contributed by atoms with Crippen LogP contribution in [-0.2, 0) is 52.3 Å². The van der Waals surface area contributed by atoms with Crippen LogP contribution >= 0.6 is 0 Å². The lowest BCUT2D eigenvalue weighted by Crippen LogP contribution is -2.73. The third-order valence-corrected chi connectivity index (χ3v) is 20.8. The number of hydrogen-bond acceptors (Lipinski definition) is 23. The lowest BCUT2D eigenvalue weighted by molar-refractivity contribution is -0.388. The third kappa shape index (κ3) is 10.1. The molecule has 0 aromatic rings. The number of aliphatic carboxylic acids is 1. The van der Waals surface area contributed by atoms with E-state index in [2.05, 4.69) is 26.8 Å². The van der Waals surface area contributed by atoms with Gasteiger partial charge in [0.1, 0.15) is 79.4 Å². The SMILES string of the molecule is CC=C(C)C(=O)O[C@H]1C(OC(C)=O)[C@@]2(CO)C(CC1(C)C)C1=CCC3[C@@]4(C)CCC(OC5OC(C(=O)O)C(OC6OC(CO)C(O)C(O)C6O)C(O)C5OC5OC(CO)C(O)C(O)C5O)CC4[C@](C)(CO)C[C@@]3(C)[C@]1(C)C[C@H]2O. The Morgan fingerprint density at radius 3 is 1.78 bits per heavy atom. The Bertz CT molecular complexity index is 2290. The Hall–Kier alpha value is -2.83. The summed E-state index contributed by atoms with van der Waals surface area (Å²) in [6, 6.07) is 0. The van der Waals surface area contributed by atoms with Gasteiger partial charge in [0.2, 0.25) is 0 Å². The number of aliphatic hydroxyl groups is 12. The van der Waals surface area contributed by atoms with Crippen molar-refractivity contribution >= 4 is 17.9 Å². The van der Waals surface area contributed by atoms with Crippen molar-refractivity contribution in [1.82, 2.24) is 0 Å². The molecule has 0 amide bonds. The number of ether oxygens (including phenoxy) is 8. The van der Waals surface area contributed by atoms with Crippen molar-refractivity contribution in [3.05, 3.63) is 23.3 Å². The summed E-state index contributed by atoms with van der Waals surface area (Å²) >= 11 is 0. The first-order valence-corrected chi connectivity index (χ1v) is 27.6. The molecule has 0 spiro atoms. The maximum atomic E-state index is 13.4. The zero-order valence-electron chi connectivity index (χ0n) is 46.4. The van der Waals surface area contributed by atoms with Crippen LogP contribution in [0.5, 0.6) is 0 Å². The lowest BCUT2D eigenvalue weighted by Gasteiger charge is -2.73. The zero-order chi connectivity index (χ0) is 58.4. The number of carbonyl (C=O) groups excluding carboxylic acids is 2. The first-order valence-electron chi connectivity index (χ1n) is 27.6. The molecule has 27 atom stereocenters. The van der Waals surface area contributed by atoms with Gasteiger partial charge < -0.3 is 104 Å². The summed E-state index contributed by atoms with van der Waals surface area (Å²) in [4.78, 5) is 39.5. The van der Waals surface area contributed by atoms with Crippen LogP contribution in [0.25, 0.3) is 0 Å². The molecule has 3 heterocycles. The van der Waals surface area contributed by atoms with E-state index in [9.17, 15) is 80.8 Å². The number of esters is 2. The summed E-state index contributed by atoms with van der Waals surface area (Å²) in [6.45, 7) is 14.3. The fraction of sp³-hybridized carbons (Fsp3) is 0.873. The Labute approximate surface area is 459 Å². The molecular weight excluding hydrogens is 1040 g/mol. The quantitative estimate of drug-likeness (QED) is 0.0415. The lowest BCUT2D eigenvalue weighted by atomic mass is 9.31. The molecule has 24 heteroatoms. The van der Waals surface area contributed by atoms with Crippen molar-refractivity contribution in [3.8, 4) is 0 Å². The van der Waals surface area contributed by atoms with Crippen LogP contribution in [-0.4, -0.2) is 227 Å². The normalized spacial score (nSPS) is 50.6. The highest BCUT2D eigenvalue weighted by atomic mass is 16.8. The van der Waals surface area contributed by atoms with E-state index < -0.39 is 193 Å². The van der Waals surface area contributed by atoms with Crippen LogP contribution in [0.15, 0.2) is 23.3 Å². The third-order valence-electron chi connectivity index (χ3n) is 20.8. The number of rotatable bonds is 14.